The molecule has 3 N–H and O–H groups in total. The van der Waals surface area contributed by atoms with Gasteiger partial charge in [-0.15, -0.1) is 24.0 Å². The number of ether oxygens (including phenoxy) is 1. The highest BCUT2D eigenvalue weighted by molar-refractivity contribution is 14.0. The van der Waals surface area contributed by atoms with Crippen molar-refractivity contribution in [1.29, 1.82) is 0 Å². The molecule has 2 aromatic heterocycles. The van der Waals surface area contributed by atoms with Gasteiger partial charge in [-0.1, -0.05) is 18.2 Å². The average Bonchev–Trinajstić information content (AvgIpc) is 3.14. The van der Waals surface area contributed by atoms with E-state index >= 15 is 0 Å². The highest BCUT2D eigenvalue weighted by Crippen LogP contribution is 2.26. The first-order chi connectivity index (χ1) is 15.4. The summed E-state index contributed by atoms with van der Waals surface area (Å²) in [6.45, 7) is 9.47. The SMILES string of the molecule is CCNC(=NCc1ccc(OCc2ccccn2)cc1)NCC(C)(O)c1cc(C)oc1C.I. The van der Waals surface area contributed by atoms with Crippen LogP contribution in [0.3, 0.4) is 0 Å². The molecule has 0 saturated heterocycles. The Kier molecular flexibility index (Phi) is 10.2. The van der Waals surface area contributed by atoms with Gasteiger partial charge in [0.2, 0.25) is 0 Å². The van der Waals surface area contributed by atoms with E-state index in [4.69, 9.17) is 9.15 Å². The van der Waals surface area contributed by atoms with Crippen LogP contribution in [-0.2, 0) is 18.8 Å². The Hall–Kier alpha value is -2.59. The summed E-state index contributed by atoms with van der Waals surface area (Å²) in [6, 6.07) is 15.5. The van der Waals surface area contributed by atoms with Crippen molar-refractivity contribution in [3.8, 4) is 5.75 Å². The number of hydrogen-bond donors (Lipinski definition) is 3. The number of halogens is 1. The summed E-state index contributed by atoms with van der Waals surface area (Å²) in [5.41, 5.74) is 1.64. The van der Waals surface area contributed by atoms with Crippen LogP contribution >= 0.6 is 24.0 Å². The largest absolute Gasteiger partial charge is 0.487 e. The fourth-order valence-electron chi connectivity index (χ4n) is 3.36. The maximum Gasteiger partial charge on any atom is 0.191 e. The molecule has 0 bridgehead atoms. The van der Waals surface area contributed by atoms with E-state index in [9.17, 15) is 5.11 Å². The molecule has 1 atom stereocenters. The first kappa shape index (κ1) is 26.7. The molecule has 0 fully saturated rings. The number of aliphatic hydroxyl groups is 1. The van der Waals surface area contributed by atoms with Gasteiger partial charge in [-0.3, -0.25) is 4.98 Å². The van der Waals surface area contributed by atoms with E-state index in [-0.39, 0.29) is 24.0 Å². The molecule has 3 rings (SSSR count). The fourth-order valence-corrected chi connectivity index (χ4v) is 3.36. The molecule has 0 amide bonds. The second-order valence-corrected chi connectivity index (χ2v) is 7.90. The number of guanidine groups is 1. The van der Waals surface area contributed by atoms with Crippen molar-refractivity contribution < 1.29 is 14.3 Å². The molecule has 178 valence electrons. The Balaban J connectivity index is 0.00000385. The summed E-state index contributed by atoms with van der Waals surface area (Å²) < 4.78 is 11.3. The topological polar surface area (TPSA) is 91.9 Å². The first-order valence-electron chi connectivity index (χ1n) is 10.8. The van der Waals surface area contributed by atoms with Gasteiger partial charge in [0.25, 0.3) is 0 Å². The van der Waals surface area contributed by atoms with Crippen molar-refractivity contribution in [3.05, 3.63) is 83.1 Å². The van der Waals surface area contributed by atoms with Crippen LogP contribution in [-0.4, -0.2) is 29.1 Å². The molecule has 33 heavy (non-hydrogen) atoms. The molecule has 0 saturated carbocycles. The van der Waals surface area contributed by atoms with Crippen molar-refractivity contribution in [2.45, 2.75) is 46.4 Å². The van der Waals surface area contributed by atoms with Crippen molar-refractivity contribution in [1.82, 2.24) is 15.6 Å². The van der Waals surface area contributed by atoms with Crippen molar-refractivity contribution in [2.24, 2.45) is 4.99 Å². The summed E-state index contributed by atoms with van der Waals surface area (Å²) in [5, 5.41) is 17.4. The van der Waals surface area contributed by atoms with Crippen LogP contribution in [0, 0.1) is 13.8 Å². The Labute approximate surface area is 212 Å². The molecule has 8 heteroatoms. The Morgan fingerprint density at radius 2 is 1.91 bits per heavy atom. The fraction of sp³-hybridized carbons (Fsp3) is 0.360. The minimum atomic E-state index is -1.08. The number of aryl methyl sites for hydroxylation is 2. The zero-order valence-corrected chi connectivity index (χ0v) is 21.9. The second kappa shape index (κ2) is 12.6. The highest BCUT2D eigenvalue weighted by Gasteiger charge is 2.27. The van der Waals surface area contributed by atoms with Gasteiger partial charge in [-0.05, 0) is 63.6 Å². The van der Waals surface area contributed by atoms with Crippen LogP contribution in [0.2, 0.25) is 0 Å². The average molecular weight is 564 g/mol. The number of furan rings is 1. The highest BCUT2D eigenvalue weighted by atomic mass is 127. The predicted octanol–water partition coefficient (Wildman–Crippen LogP) is 4.45. The number of rotatable bonds is 9. The van der Waals surface area contributed by atoms with Crippen molar-refractivity contribution >= 4 is 29.9 Å². The molecule has 3 aromatic rings. The van der Waals surface area contributed by atoms with Gasteiger partial charge in [0.05, 0.1) is 18.8 Å². The number of nitrogens with one attached hydrogen (secondary N) is 2. The number of aromatic nitrogens is 1. The van der Waals surface area contributed by atoms with Crippen LogP contribution in [0.15, 0.2) is 64.1 Å². The molecular weight excluding hydrogens is 531 g/mol. The zero-order chi connectivity index (χ0) is 23.0. The van der Waals surface area contributed by atoms with Gasteiger partial charge in [0.15, 0.2) is 5.96 Å². The van der Waals surface area contributed by atoms with Gasteiger partial charge in [0, 0.05) is 18.3 Å². The van der Waals surface area contributed by atoms with Crippen molar-refractivity contribution in [2.75, 3.05) is 13.1 Å². The van der Waals surface area contributed by atoms with E-state index in [0.717, 1.165) is 40.6 Å². The number of nitrogens with zero attached hydrogens (tertiary/aromatic N) is 2. The summed E-state index contributed by atoms with van der Waals surface area (Å²) in [6.07, 6.45) is 1.76. The maximum absolute atomic E-state index is 10.9. The maximum atomic E-state index is 10.9. The number of hydrogen-bond acceptors (Lipinski definition) is 5. The van der Waals surface area contributed by atoms with Crippen LogP contribution in [0.5, 0.6) is 5.75 Å². The molecule has 0 spiro atoms. The monoisotopic (exact) mass is 564 g/mol. The molecule has 0 aliphatic rings. The van der Waals surface area contributed by atoms with E-state index in [2.05, 4.69) is 20.6 Å². The number of benzene rings is 1. The van der Waals surface area contributed by atoms with Gasteiger partial charge in [-0.2, -0.15) is 0 Å². The van der Waals surface area contributed by atoms with Gasteiger partial charge < -0.3 is 24.9 Å². The molecule has 0 radical (unpaired) electrons. The third kappa shape index (κ3) is 8.04. The first-order valence-corrected chi connectivity index (χ1v) is 10.8. The minimum absolute atomic E-state index is 0. The summed E-state index contributed by atoms with van der Waals surface area (Å²) >= 11 is 0. The van der Waals surface area contributed by atoms with Crippen LogP contribution in [0.25, 0.3) is 0 Å². The Bertz CT molecular complexity index is 1020. The van der Waals surface area contributed by atoms with E-state index in [1.165, 1.54) is 0 Å². The lowest BCUT2D eigenvalue weighted by Crippen LogP contribution is -2.44. The van der Waals surface area contributed by atoms with E-state index in [1.54, 1.807) is 13.1 Å². The summed E-state index contributed by atoms with van der Waals surface area (Å²) in [4.78, 5) is 8.90. The lowest BCUT2D eigenvalue weighted by molar-refractivity contribution is 0.0601. The Morgan fingerprint density at radius 3 is 2.52 bits per heavy atom. The molecule has 1 unspecified atom stereocenters. The number of aliphatic imine (C=N–C) groups is 1. The molecule has 7 nitrogen and oxygen atoms in total. The zero-order valence-electron chi connectivity index (χ0n) is 19.6. The Morgan fingerprint density at radius 1 is 1.15 bits per heavy atom. The summed E-state index contributed by atoms with van der Waals surface area (Å²) in [7, 11) is 0. The lowest BCUT2D eigenvalue weighted by atomic mass is 9.96. The van der Waals surface area contributed by atoms with E-state index in [1.807, 2.05) is 69.3 Å². The predicted molar refractivity (Wildman–Crippen MR) is 141 cm³/mol. The number of pyridine rings is 1. The standard InChI is InChI=1S/C25H32N4O3.HI/c1-5-26-24(29-17-25(4,30)23-14-18(2)32-19(23)3)28-15-20-9-11-22(12-10-20)31-16-21-8-6-7-13-27-21;/h6-14,30H,5,15-17H2,1-4H3,(H2,26,28,29);1H. The van der Waals surface area contributed by atoms with Crippen LogP contribution in [0.1, 0.15) is 42.2 Å². The van der Waals surface area contributed by atoms with E-state index in [0.29, 0.717) is 25.7 Å². The molecular formula is C25H33IN4O3. The molecule has 1 aromatic carbocycles. The van der Waals surface area contributed by atoms with E-state index < -0.39 is 5.60 Å². The van der Waals surface area contributed by atoms with Gasteiger partial charge in [-0.25, -0.2) is 4.99 Å². The quantitative estimate of drug-likeness (QED) is 0.202. The molecule has 2 heterocycles. The third-order valence-electron chi connectivity index (χ3n) is 5.02. The summed E-state index contributed by atoms with van der Waals surface area (Å²) in [5.74, 6) is 2.93. The van der Waals surface area contributed by atoms with Gasteiger partial charge in [0.1, 0.15) is 29.5 Å². The van der Waals surface area contributed by atoms with Crippen LogP contribution < -0.4 is 15.4 Å². The van der Waals surface area contributed by atoms with Gasteiger partial charge >= 0.3 is 0 Å². The van der Waals surface area contributed by atoms with Crippen LogP contribution in [0.4, 0.5) is 0 Å². The lowest BCUT2D eigenvalue weighted by Gasteiger charge is -2.24. The minimum Gasteiger partial charge on any atom is -0.487 e. The molecule has 0 aliphatic heterocycles. The molecule has 0 aliphatic carbocycles. The third-order valence-corrected chi connectivity index (χ3v) is 5.02. The normalized spacial score (nSPS) is 13.1. The smallest absolute Gasteiger partial charge is 0.191 e. The second-order valence-electron chi connectivity index (χ2n) is 7.90. The van der Waals surface area contributed by atoms with Crippen molar-refractivity contribution in [3.63, 3.8) is 0 Å².